The Bertz CT molecular complexity index is 559. The van der Waals surface area contributed by atoms with Gasteiger partial charge in [-0.15, -0.1) is 0 Å². The van der Waals surface area contributed by atoms with Crippen LogP contribution in [0.1, 0.15) is 26.3 Å². The summed E-state index contributed by atoms with van der Waals surface area (Å²) in [5, 5.41) is 1.68. The van der Waals surface area contributed by atoms with Crippen molar-refractivity contribution in [1.29, 1.82) is 0 Å². The molecule has 0 amide bonds. The molecule has 0 atom stereocenters. The van der Waals surface area contributed by atoms with Gasteiger partial charge in [0.2, 0.25) is 0 Å². The van der Waals surface area contributed by atoms with E-state index in [0.29, 0.717) is 5.39 Å². The first kappa shape index (κ1) is 10.9. The molecule has 2 rings (SSSR count). The van der Waals surface area contributed by atoms with Gasteiger partial charge in [0.1, 0.15) is 0 Å². The van der Waals surface area contributed by atoms with E-state index >= 15 is 0 Å². The van der Waals surface area contributed by atoms with Crippen molar-refractivity contribution in [3.8, 4) is 0 Å². The van der Waals surface area contributed by atoms with E-state index in [0.717, 1.165) is 17.4 Å². The van der Waals surface area contributed by atoms with Crippen molar-refractivity contribution in [3.05, 3.63) is 46.5 Å². The number of hydrogen-bond acceptors (Lipinski definition) is 2. The Morgan fingerprint density at radius 3 is 2.38 bits per heavy atom. The third kappa shape index (κ3) is 2.16. The number of hydrogen-bond donors (Lipinski definition) is 0. The fraction of sp³-hybridized carbons (Fsp3) is 0.357. The smallest absolute Gasteiger partial charge is 0.343 e. The Hall–Kier alpha value is -1.57. The van der Waals surface area contributed by atoms with E-state index in [-0.39, 0.29) is 11.0 Å². The lowest BCUT2D eigenvalue weighted by molar-refractivity contribution is 0.404. The molecular formula is C14H16O2. The standard InChI is InChI=1S/C14H16O2/c1-14(2,3)8-10-9-16-13(15)12-7-5-4-6-11(10)12/h4-7,9H,8H2,1-3H3. The molecule has 16 heavy (non-hydrogen) atoms. The van der Waals surface area contributed by atoms with Crippen LogP contribution in [0.4, 0.5) is 0 Å². The number of rotatable bonds is 1. The summed E-state index contributed by atoms with van der Waals surface area (Å²) < 4.78 is 5.06. The largest absolute Gasteiger partial charge is 0.431 e. The highest BCUT2D eigenvalue weighted by atomic mass is 16.4. The Morgan fingerprint density at radius 2 is 1.75 bits per heavy atom. The monoisotopic (exact) mass is 216 g/mol. The highest BCUT2D eigenvalue weighted by Gasteiger charge is 2.14. The Balaban J connectivity index is 2.64. The molecule has 1 heterocycles. The molecule has 0 aliphatic carbocycles. The predicted molar refractivity (Wildman–Crippen MR) is 65.6 cm³/mol. The van der Waals surface area contributed by atoms with E-state index in [1.165, 1.54) is 0 Å². The van der Waals surface area contributed by atoms with Crippen LogP contribution < -0.4 is 5.63 Å². The molecule has 0 unspecified atom stereocenters. The molecular weight excluding hydrogens is 200 g/mol. The van der Waals surface area contributed by atoms with Gasteiger partial charge in [-0.1, -0.05) is 39.0 Å². The van der Waals surface area contributed by atoms with Crippen molar-refractivity contribution >= 4 is 10.8 Å². The van der Waals surface area contributed by atoms with Gasteiger partial charge < -0.3 is 4.42 Å². The average Bonchev–Trinajstić information content (AvgIpc) is 2.21. The van der Waals surface area contributed by atoms with E-state index in [1.54, 1.807) is 6.26 Å². The van der Waals surface area contributed by atoms with Crippen LogP contribution in [0.15, 0.2) is 39.7 Å². The molecule has 2 nitrogen and oxygen atoms in total. The third-order valence-electron chi connectivity index (χ3n) is 2.52. The molecule has 0 fully saturated rings. The first-order chi connectivity index (χ1) is 7.47. The van der Waals surface area contributed by atoms with Crippen LogP contribution in [0.5, 0.6) is 0 Å². The molecule has 2 aromatic rings. The van der Waals surface area contributed by atoms with Gasteiger partial charge in [0.05, 0.1) is 11.6 Å². The summed E-state index contributed by atoms with van der Waals surface area (Å²) in [5.74, 6) is 0. The van der Waals surface area contributed by atoms with E-state index in [1.807, 2.05) is 24.3 Å². The first-order valence-electron chi connectivity index (χ1n) is 5.47. The molecule has 0 saturated heterocycles. The molecule has 1 aromatic carbocycles. The zero-order valence-corrected chi connectivity index (χ0v) is 9.91. The Kier molecular flexibility index (Phi) is 2.58. The van der Waals surface area contributed by atoms with Gasteiger partial charge in [-0.2, -0.15) is 0 Å². The van der Waals surface area contributed by atoms with Crippen molar-refractivity contribution < 1.29 is 4.42 Å². The molecule has 1 aromatic heterocycles. The summed E-state index contributed by atoms with van der Waals surface area (Å²) in [4.78, 5) is 11.5. The lowest BCUT2D eigenvalue weighted by Crippen LogP contribution is -2.11. The van der Waals surface area contributed by atoms with Crippen molar-refractivity contribution in [2.45, 2.75) is 27.2 Å². The van der Waals surface area contributed by atoms with Crippen LogP contribution in [0, 0.1) is 5.41 Å². The van der Waals surface area contributed by atoms with E-state index in [9.17, 15) is 4.79 Å². The van der Waals surface area contributed by atoms with Crippen LogP contribution in [0.25, 0.3) is 10.8 Å². The van der Waals surface area contributed by atoms with Crippen LogP contribution in [-0.4, -0.2) is 0 Å². The summed E-state index contributed by atoms with van der Waals surface area (Å²) in [6.07, 6.45) is 2.49. The molecule has 0 saturated carbocycles. The molecule has 2 heteroatoms. The minimum Gasteiger partial charge on any atom is -0.431 e. The molecule has 84 valence electrons. The maximum atomic E-state index is 11.5. The van der Waals surface area contributed by atoms with Crippen LogP contribution in [0.2, 0.25) is 0 Å². The van der Waals surface area contributed by atoms with Crippen molar-refractivity contribution in [2.75, 3.05) is 0 Å². The van der Waals surface area contributed by atoms with Gasteiger partial charge in [0.25, 0.3) is 0 Å². The SMILES string of the molecule is CC(C)(C)Cc1coc(=O)c2ccccc12. The van der Waals surface area contributed by atoms with Crippen LogP contribution in [0.3, 0.4) is 0 Å². The maximum absolute atomic E-state index is 11.5. The molecule has 0 radical (unpaired) electrons. The molecule has 0 N–H and O–H groups in total. The summed E-state index contributed by atoms with van der Waals surface area (Å²) in [6.45, 7) is 6.52. The van der Waals surface area contributed by atoms with Gasteiger partial charge in [-0.25, -0.2) is 4.79 Å². The van der Waals surface area contributed by atoms with E-state index < -0.39 is 0 Å². The molecule has 0 aliphatic rings. The average molecular weight is 216 g/mol. The van der Waals surface area contributed by atoms with Crippen molar-refractivity contribution in [2.24, 2.45) is 5.41 Å². The number of benzene rings is 1. The molecule has 0 spiro atoms. The second kappa shape index (κ2) is 3.78. The predicted octanol–water partition coefficient (Wildman–Crippen LogP) is 3.38. The van der Waals surface area contributed by atoms with E-state index in [4.69, 9.17) is 4.42 Å². The quantitative estimate of drug-likeness (QED) is 0.731. The highest BCUT2D eigenvalue weighted by molar-refractivity contribution is 5.84. The second-order valence-electron chi connectivity index (χ2n) is 5.33. The van der Waals surface area contributed by atoms with Gasteiger partial charge in [0.15, 0.2) is 0 Å². The maximum Gasteiger partial charge on any atom is 0.343 e. The minimum absolute atomic E-state index is 0.183. The highest BCUT2D eigenvalue weighted by Crippen LogP contribution is 2.24. The lowest BCUT2D eigenvalue weighted by atomic mass is 9.87. The summed E-state index contributed by atoms with van der Waals surface area (Å²) in [5.41, 5.74) is 1.03. The molecule has 0 aliphatic heterocycles. The van der Waals surface area contributed by atoms with Gasteiger partial charge in [-0.05, 0) is 28.9 Å². The molecule has 0 bridgehead atoms. The number of fused-ring (bicyclic) bond motifs is 1. The van der Waals surface area contributed by atoms with E-state index in [2.05, 4.69) is 20.8 Å². The Labute approximate surface area is 94.9 Å². The van der Waals surface area contributed by atoms with Gasteiger partial charge in [0, 0.05) is 0 Å². The second-order valence-corrected chi connectivity index (χ2v) is 5.33. The fourth-order valence-electron chi connectivity index (χ4n) is 1.90. The third-order valence-corrected chi connectivity index (χ3v) is 2.52. The van der Waals surface area contributed by atoms with Gasteiger partial charge >= 0.3 is 5.63 Å². The lowest BCUT2D eigenvalue weighted by Gasteiger charge is -2.18. The summed E-state index contributed by atoms with van der Waals surface area (Å²) >= 11 is 0. The minimum atomic E-state index is -0.256. The summed E-state index contributed by atoms with van der Waals surface area (Å²) in [6, 6.07) is 7.61. The first-order valence-corrected chi connectivity index (χ1v) is 5.47. The topological polar surface area (TPSA) is 30.2 Å². The van der Waals surface area contributed by atoms with Crippen LogP contribution >= 0.6 is 0 Å². The van der Waals surface area contributed by atoms with Gasteiger partial charge in [-0.3, -0.25) is 0 Å². The zero-order chi connectivity index (χ0) is 11.8. The zero-order valence-electron chi connectivity index (χ0n) is 9.91. The van der Waals surface area contributed by atoms with Crippen molar-refractivity contribution in [3.63, 3.8) is 0 Å². The van der Waals surface area contributed by atoms with Crippen molar-refractivity contribution in [1.82, 2.24) is 0 Å². The normalized spacial score (nSPS) is 11.9. The Morgan fingerprint density at radius 1 is 1.12 bits per heavy atom. The fourth-order valence-corrected chi connectivity index (χ4v) is 1.90. The van der Waals surface area contributed by atoms with Crippen LogP contribution in [-0.2, 0) is 6.42 Å². The summed E-state index contributed by atoms with van der Waals surface area (Å²) in [7, 11) is 0.